The maximum absolute atomic E-state index is 14.9. The quantitative estimate of drug-likeness (QED) is 0.720. The molecular formula is C21H33BFNO4. The minimum absolute atomic E-state index is 0.141. The highest BCUT2D eigenvalue weighted by molar-refractivity contribution is 6.62. The Morgan fingerprint density at radius 3 is 2.18 bits per heavy atom. The van der Waals surface area contributed by atoms with Gasteiger partial charge in [-0.3, -0.25) is 0 Å². The van der Waals surface area contributed by atoms with Crippen LogP contribution in [0.5, 0.6) is 0 Å². The lowest BCUT2D eigenvalue weighted by Gasteiger charge is -2.32. The summed E-state index contributed by atoms with van der Waals surface area (Å²) in [5.41, 5.74) is 0.379. The van der Waals surface area contributed by atoms with Gasteiger partial charge in [-0.2, -0.15) is 0 Å². The van der Waals surface area contributed by atoms with E-state index in [-0.39, 0.29) is 6.54 Å². The van der Waals surface area contributed by atoms with E-state index in [0.717, 1.165) is 5.56 Å². The summed E-state index contributed by atoms with van der Waals surface area (Å²) in [6.45, 7) is 17.6. The molecule has 1 heterocycles. The van der Waals surface area contributed by atoms with Crippen LogP contribution in [0.3, 0.4) is 0 Å². The number of carbonyl (C=O) groups excluding carboxylic acids is 1. The standard InChI is InChI=1S/C21H33BFNO4/c1-10-24(18(25)26-19(3,4)5)13-15-11-14(2)16(12-17(15)23)22-27-20(6,7)21(8,9)28-22/h11-12H,10,13H2,1-9H3. The van der Waals surface area contributed by atoms with Gasteiger partial charge >= 0.3 is 13.2 Å². The normalized spacial score (nSPS) is 18.3. The second-order valence-electron chi connectivity index (χ2n) is 9.38. The van der Waals surface area contributed by atoms with Crippen LogP contribution in [-0.4, -0.2) is 41.5 Å². The number of aryl methyl sites for hydroxylation is 1. The molecule has 1 saturated heterocycles. The van der Waals surface area contributed by atoms with E-state index < -0.39 is 35.8 Å². The molecule has 0 saturated carbocycles. The van der Waals surface area contributed by atoms with Crippen LogP contribution >= 0.6 is 0 Å². The fraction of sp³-hybridized carbons (Fsp3) is 0.667. The van der Waals surface area contributed by atoms with Crippen LogP contribution in [0.25, 0.3) is 0 Å². The average molecular weight is 393 g/mol. The molecule has 7 heteroatoms. The predicted octanol–water partition coefficient (Wildman–Crippen LogP) is 4.19. The molecule has 5 nitrogen and oxygen atoms in total. The SMILES string of the molecule is CCN(Cc1cc(C)c(B2OC(C)(C)C(C)(C)O2)cc1F)C(=O)OC(C)(C)C. The molecule has 0 aromatic heterocycles. The Balaban J connectivity index is 2.23. The van der Waals surface area contributed by atoms with Gasteiger partial charge in [-0.15, -0.1) is 0 Å². The first-order valence-electron chi connectivity index (χ1n) is 9.79. The molecule has 0 radical (unpaired) electrons. The first-order valence-corrected chi connectivity index (χ1v) is 9.79. The van der Waals surface area contributed by atoms with E-state index >= 15 is 0 Å². The molecule has 0 aliphatic carbocycles. The van der Waals surface area contributed by atoms with Crippen molar-refractivity contribution in [2.24, 2.45) is 0 Å². The zero-order valence-electron chi connectivity index (χ0n) is 18.6. The van der Waals surface area contributed by atoms with E-state index in [1.807, 2.05) is 62.3 Å². The van der Waals surface area contributed by atoms with E-state index in [4.69, 9.17) is 14.0 Å². The number of ether oxygens (including phenoxy) is 1. The molecule has 1 aromatic rings. The summed E-state index contributed by atoms with van der Waals surface area (Å²) in [6.07, 6.45) is -0.456. The Morgan fingerprint density at radius 2 is 1.71 bits per heavy atom. The van der Waals surface area contributed by atoms with Crippen LogP contribution in [0.2, 0.25) is 0 Å². The highest BCUT2D eigenvalue weighted by atomic mass is 19.1. The number of nitrogens with zero attached hydrogens (tertiary/aromatic N) is 1. The van der Waals surface area contributed by atoms with Crippen LogP contribution in [0.4, 0.5) is 9.18 Å². The van der Waals surface area contributed by atoms with Crippen LogP contribution in [-0.2, 0) is 20.6 Å². The first kappa shape index (κ1) is 22.7. The van der Waals surface area contributed by atoms with Crippen molar-refractivity contribution in [3.05, 3.63) is 29.1 Å². The minimum atomic E-state index is -0.623. The van der Waals surface area contributed by atoms with Gasteiger partial charge in [0.05, 0.1) is 17.7 Å². The van der Waals surface area contributed by atoms with Crippen molar-refractivity contribution in [2.75, 3.05) is 6.54 Å². The molecule has 28 heavy (non-hydrogen) atoms. The summed E-state index contributed by atoms with van der Waals surface area (Å²) in [4.78, 5) is 13.8. The number of halogens is 1. The molecule has 0 atom stereocenters. The lowest BCUT2D eigenvalue weighted by Crippen LogP contribution is -2.41. The zero-order valence-corrected chi connectivity index (χ0v) is 18.6. The third-order valence-electron chi connectivity index (χ3n) is 5.34. The van der Waals surface area contributed by atoms with Crippen molar-refractivity contribution in [1.82, 2.24) is 4.90 Å². The molecule has 1 aliphatic rings. The van der Waals surface area contributed by atoms with Crippen LogP contribution in [0, 0.1) is 12.7 Å². The smallest absolute Gasteiger partial charge is 0.444 e. The van der Waals surface area contributed by atoms with Gasteiger partial charge in [-0.05, 0) is 73.8 Å². The van der Waals surface area contributed by atoms with Crippen molar-refractivity contribution in [2.45, 2.75) is 85.7 Å². The number of benzene rings is 1. The number of hydrogen-bond donors (Lipinski definition) is 0. The van der Waals surface area contributed by atoms with Crippen molar-refractivity contribution < 1.29 is 23.2 Å². The van der Waals surface area contributed by atoms with Gasteiger partial charge in [0.2, 0.25) is 0 Å². The molecule has 0 unspecified atom stereocenters. The van der Waals surface area contributed by atoms with Gasteiger partial charge < -0.3 is 18.9 Å². The third kappa shape index (κ3) is 4.87. The first-order chi connectivity index (χ1) is 12.7. The van der Waals surface area contributed by atoms with Gasteiger partial charge in [0, 0.05) is 12.1 Å². The molecule has 0 N–H and O–H groups in total. The highest BCUT2D eigenvalue weighted by Crippen LogP contribution is 2.36. The van der Waals surface area contributed by atoms with Crippen LogP contribution in [0.1, 0.15) is 66.5 Å². The predicted molar refractivity (Wildman–Crippen MR) is 109 cm³/mol. The van der Waals surface area contributed by atoms with Gasteiger partial charge in [0.1, 0.15) is 11.4 Å². The molecule has 1 aromatic carbocycles. The molecular weight excluding hydrogens is 360 g/mol. The van der Waals surface area contributed by atoms with E-state index in [1.165, 1.54) is 11.0 Å². The van der Waals surface area contributed by atoms with E-state index in [9.17, 15) is 9.18 Å². The Morgan fingerprint density at radius 1 is 1.18 bits per heavy atom. The van der Waals surface area contributed by atoms with Gasteiger partial charge in [-0.25, -0.2) is 9.18 Å². The van der Waals surface area contributed by atoms with Gasteiger partial charge in [0.15, 0.2) is 0 Å². The molecule has 156 valence electrons. The summed E-state index contributed by atoms with van der Waals surface area (Å²) in [5, 5.41) is 0. The maximum Gasteiger partial charge on any atom is 0.495 e. The maximum atomic E-state index is 14.9. The Kier molecular flexibility index (Phi) is 6.22. The molecule has 1 amide bonds. The third-order valence-corrected chi connectivity index (χ3v) is 5.34. The van der Waals surface area contributed by atoms with E-state index in [2.05, 4.69) is 0 Å². The number of amides is 1. The lowest BCUT2D eigenvalue weighted by molar-refractivity contribution is 0.00578. The minimum Gasteiger partial charge on any atom is -0.444 e. The summed E-state index contributed by atoms with van der Waals surface area (Å²) in [7, 11) is -0.623. The fourth-order valence-electron chi connectivity index (χ4n) is 2.94. The summed E-state index contributed by atoms with van der Waals surface area (Å²) < 4.78 is 32.4. The van der Waals surface area contributed by atoms with Crippen molar-refractivity contribution in [1.29, 1.82) is 0 Å². The van der Waals surface area contributed by atoms with E-state index in [1.54, 1.807) is 6.07 Å². The van der Waals surface area contributed by atoms with Crippen molar-refractivity contribution in [3.63, 3.8) is 0 Å². The second-order valence-corrected chi connectivity index (χ2v) is 9.38. The molecule has 0 bridgehead atoms. The largest absolute Gasteiger partial charge is 0.495 e. The highest BCUT2D eigenvalue weighted by Gasteiger charge is 2.52. The summed E-state index contributed by atoms with van der Waals surface area (Å²) in [6, 6.07) is 3.21. The fourth-order valence-corrected chi connectivity index (χ4v) is 2.94. The topological polar surface area (TPSA) is 48.0 Å². The zero-order chi connectivity index (χ0) is 21.5. The number of hydrogen-bond acceptors (Lipinski definition) is 4. The molecule has 0 spiro atoms. The second kappa shape index (κ2) is 7.67. The Hall–Kier alpha value is -1.60. The monoisotopic (exact) mass is 393 g/mol. The van der Waals surface area contributed by atoms with Crippen LogP contribution < -0.4 is 5.46 Å². The Labute approximate surface area is 168 Å². The number of carbonyl (C=O) groups is 1. The van der Waals surface area contributed by atoms with Crippen molar-refractivity contribution in [3.8, 4) is 0 Å². The molecule has 2 rings (SSSR count). The Bertz CT molecular complexity index is 727. The van der Waals surface area contributed by atoms with Crippen LogP contribution in [0.15, 0.2) is 12.1 Å². The van der Waals surface area contributed by atoms with Crippen molar-refractivity contribution >= 4 is 18.7 Å². The summed E-state index contributed by atoms with van der Waals surface area (Å²) >= 11 is 0. The molecule has 1 aliphatic heterocycles. The van der Waals surface area contributed by atoms with E-state index in [0.29, 0.717) is 17.6 Å². The lowest BCUT2D eigenvalue weighted by atomic mass is 9.75. The van der Waals surface area contributed by atoms with Gasteiger partial charge in [0.25, 0.3) is 0 Å². The molecule has 1 fully saturated rings. The average Bonchev–Trinajstić information content (AvgIpc) is 2.73. The number of rotatable bonds is 4. The van der Waals surface area contributed by atoms with Gasteiger partial charge in [-0.1, -0.05) is 11.6 Å². The summed E-state index contributed by atoms with van der Waals surface area (Å²) in [5.74, 6) is -0.391.